The van der Waals surface area contributed by atoms with Crippen molar-refractivity contribution in [2.75, 3.05) is 13.7 Å². The maximum atomic E-state index is 12.8. The molecular formula is C27H27F3N2O4. The molecule has 2 aromatic carbocycles. The van der Waals surface area contributed by atoms with Crippen LogP contribution in [-0.2, 0) is 15.7 Å². The number of amides is 1. The quantitative estimate of drug-likeness (QED) is 0.347. The average Bonchev–Trinajstić information content (AvgIpc) is 2.88. The number of pyridine rings is 1. The summed E-state index contributed by atoms with van der Waals surface area (Å²) < 4.78 is 49.0. The first-order chi connectivity index (χ1) is 17.2. The molecule has 0 radical (unpaired) electrons. The summed E-state index contributed by atoms with van der Waals surface area (Å²) >= 11 is 0. The van der Waals surface area contributed by atoms with E-state index in [0.717, 1.165) is 30.7 Å². The number of esters is 1. The highest BCUT2D eigenvalue weighted by molar-refractivity contribution is 5.94. The van der Waals surface area contributed by atoms with Crippen molar-refractivity contribution in [3.05, 3.63) is 83.6 Å². The molecule has 1 amide bonds. The number of aromatic nitrogens is 1. The van der Waals surface area contributed by atoms with E-state index in [1.165, 1.54) is 13.2 Å². The van der Waals surface area contributed by atoms with Crippen molar-refractivity contribution in [1.82, 2.24) is 10.3 Å². The second-order valence-electron chi connectivity index (χ2n) is 8.05. The third-order valence-electron chi connectivity index (χ3n) is 5.46. The van der Waals surface area contributed by atoms with Gasteiger partial charge >= 0.3 is 12.1 Å². The fourth-order valence-corrected chi connectivity index (χ4v) is 3.49. The van der Waals surface area contributed by atoms with Gasteiger partial charge in [-0.2, -0.15) is 13.2 Å². The van der Waals surface area contributed by atoms with Gasteiger partial charge in [0.15, 0.2) is 0 Å². The zero-order valence-electron chi connectivity index (χ0n) is 20.0. The number of carbonyl (C=O) groups is 2. The molecule has 1 atom stereocenters. The average molecular weight is 501 g/mol. The molecule has 36 heavy (non-hydrogen) atoms. The van der Waals surface area contributed by atoms with Gasteiger partial charge in [0.1, 0.15) is 11.9 Å². The highest BCUT2D eigenvalue weighted by Gasteiger charge is 2.30. The Hall–Kier alpha value is -3.88. The number of hydrogen-bond acceptors (Lipinski definition) is 5. The minimum Gasteiger partial charge on any atom is -0.486 e. The van der Waals surface area contributed by atoms with E-state index in [-0.39, 0.29) is 25.0 Å². The van der Waals surface area contributed by atoms with Crippen molar-refractivity contribution >= 4 is 11.9 Å². The molecule has 0 aliphatic carbocycles. The Morgan fingerprint density at radius 2 is 1.69 bits per heavy atom. The molecule has 0 bridgehead atoms. The number of ether oxygens (including phenoxy) is 2. The van der Waals surface area contributed by atoms with E-state index >= 15 is 0 Å². The van der Waals surface area contributed by atoms with Gasteiger partial charge in [0.2, 0.25) is 0 Å². The van der Waals surface area contributed by atoms with Gasteiger partial charge in [0, 0.05) is 23.9 Å². The monoisotopic (exact) mass is 500 g/mol. The van der Waals surface area contributed by atoms with Crippen LogP contribution in [0.25, 0.3) is 11.3 Å². The smallest absolute Gasteiger partial charge is 0.417 e. The number of alkyl halides is 3. The van der Waals surface area contributed by atoms with Crippen molar-refractivity contribution in [1.29, 1.82) is 0 Å². The SMILES string of the molecule is CCCC(Oc1ccc(C(=O)NCCC(=O)OC)cc1)c1ccc(-c2ccc(C(F)(F)F)cn2)cc1. The maximum absolute atomic E-state index is 12.8. The molecule has 0 spiro atoms. The molecule has 3 rings (SSSR count). The van der Waals surface area contributed by atoms with Crippen LogP contribution < -0.4 is 10.1 Å². The highest BCUT2D eigenvalue weighted by atomic mass is 19.4. The van der Waals surface area contributed by atoms with Gasteiger partial charge in [0.05, 0.1) is 24.8 Å². The van der Waals surface area contributed by atoms with Crippen LogP contribution in [0.1, 0.15) is 53.8 Å². The molecule has 6 nitrogen and oxygen atoms in total. The van der Waals surface area contributed by atoms with Crippen LogP contribution in [0.3, 0.4) is 0 Å². The van der Waals surface area contributed by atoms with Gasteiger partial charge in [-0.1, -0.05) is 37.6 Å². The lowest BCUT2D eigenvalue weighted by atomic mass is 10.0. The largest absolute Gasteiger partial charge is 0.486 e. The summed E-state index contributed by atoms with van der Waals surface area (Å²) in [5.41, 5.74) is 1.71. The van der Waals surface area contributed by atoms with Crippen LogP contribution in [0.15, 0.2) is 66.9 Å². The number of methoxy groups -OCH3 is 1. The van der Waals surface area contributed by atoms with Crippen LogP contribution in [0.5, 0.6) is 5.75 Å². The molecule has 3 aromatic rings. The molecule has 0 aliphatic heterocycles. The Morgan fingerprint density at radius 3 is 2.25 bits per heavy atom. The van der Waals surface area contributed by atoms with Gasteiger partial charge in [0.25, 0.3) is 5.91 Å². The van der Waals surface area contributed by atoms with Crippen LogP contribution in [-0.4, -0.2) is 30.5 Å². The maximum Gasteiger partial charge on any atom is 0.417 e. The zero-order valence-corrected chi connectivity index (χ0v) is 20.0. The minimum absolute atomic E-state index is 0.0931. The first-order valence-corrected chi connectivity index (χ1v) is 11.5. The lowest BCUT2D eigenvalue weighted by Crippen LogP contribution is -2.26. The summed E-state index contributed by atoms with van der Waals surface area (Å²) in [4.78, 5) is 27.3. The molecule has 1 heterocycles. The fourth-order valence-electron chi connectivity index (χ4n) is 3.49. The molecule has 0 aliphatic rings. The van der Waals surface area contributed by atoms with Crippen molar-refractivity contribution < 1.29 is 32.2 Å². The van der Waals surface area contributed by atoms with E-state index < -0.39 is 17.7 Å². The van der Waals surface area contributed by atoms with Gasteiger partial charge < -0.3 is 14.8 Å². The number of nitrogens with zero attached hydrogens (tertiary/aromatic N) is 1. The van der Waals surface area contributed by atoms with Crippen LogP contribution in [0.2, 0.25) is 0 Å². The second kappa shape index (κ2) is 12.2. The molecule has 1 aromatic heterocycles. The summed E-state index contributed by atoms with van der Waals surface area (Å²) in [6.45, 7) is 2.22. The van der Waals surface area contributed by atoms with E-state index in [1.807, 2.05) is 19.1 Å². The summed E-state index contributed by atoms with van der Waals surface area (Å²) in [7, 11) is 1.29. The minimum atomic E-state index is -4.42. The Balaban J connectivity index is 1.65. The summed E-state index contributed by atoms with van der Waals surface area (Å²) in [6.07, 6.45) is -2.14. The third-order valence-corrected chi connectivity index (χ3v) is 5.46. The summed E-state index contributed by atoms with van der Waals surface area (Å²) in [6, 6.07) is 16.4. The number of benzene rings is 2. The zero-order chi connectivity index (χ0) is 26.1. The predicted octanol–water partition coefficient (Wildman–Crippen LogP) is 5.98. The van der Waals surface area contributed by atoms with E-state index in [9.17, 15) is 22.8 Å². The highest BCUT2D eigenvalue weighted by Crippen LogP contribution is 2.31. The lowest BCUT2D eigenvalue weighted by molar-refractivity contribution is -0.140. The number of hydrogen-bond donors (Lipinski definition) is 1. The Bertz CT molecular complexity index is 1150. The Morgan fingerprint density at radius 1 is 1.00 bits per heavy atom. The predicted molar refractivity (Wildman–Crippen MR) is 128 cm³/mol. The molecule has 190 valence electrons. The van der Waals surface area contributed by atoms with Crippen molar-refractivity contribution in [2.24, 2.45) is 0 Å². The first-order valence-electron chi connectivity index (χ1n) is 11.5. The van der Waals surface area contributed by atoms with Crippen molar-refractivity contribution in [3.8, 4) is 17.0 Å². The molecule has 9 heteroatoms. The Kier molecular flexibility index (Phi) is 9.05. The van der Waals surface area contributed by atoms with Gasteiger partial charge in [-0.05, 0) is 48.4 Å². The molecular weight excluding hydrogens is 473 g/mol. The van der Waals surface area contributed by atoms with Crippen LogP contribution >= 0.6 is 0 Å². The fraction of sp³-hybridized carbons (Fsp3) is 0.296. The topological polar surface area (TPSA) is 77.5 Å². The molecule has 0 fully saturated rings. The number of nitrogens with one attached hydrogen (secondary N) is 1. The summed E-state index contributed by atoms with van der Waals surface area (Å²) in [5, 5.41) is 2.66. The Labute approximate surface area is 207 Å². The summed E-state index contributed by atoms with van der Waals surface area (Å²) in [5.74, 6) is -0.110. The number of halogens is 3. The van der Waals surface area contributed by atoms with E-state index in [0.29, 0.717) is 22.6 Å². The van der Waals surface area contributed by atoms with Crippen LogP contribution in [0.4, 0.5) is 13.2 Å². The van der Waals surface area contributed by atoms with Crippen molar-refractivity contribution in [2.45, 2.75) is 38.5 Å². The lowest BCUT2D eigenvalue weighted by Gasteiger charge is -2.20. The molecule has 0 saturated heterocycles. The standard InChI is InChI=1S/C27H27F3N2O4/c1-3-4-24(36-22-12-9-20(10-13-22)26(34)31-16-15-25(33)35-2)19-7-5-18(6-8-19)23-14-11-21(17-32-23)27(28,29)30/h5-14,17,24H,3-4,15-16H2,1-2H3,(H,31,34). The van der Waals surface area contributed by atoms with Crippen LogP contribution in [0, 0.1) is 0 Å². The molecule has 0 saturated carbocycles. The third kappa shape index (κ3) is 7.31. The number of carbonyl (C=O) groups excluding carboxylic acids is 2. The van der Waals surface area contributed by atoms with Gasteiger partial charge in [-0.15, -0.1) is 0 Å². The van der Waals surface area contributed by atoms with Gasteiger partial charge in [-0.3, -0.25) is 14.6 Å². The molecule has 1 N–H and O–H groups in total. The second-order valence-corrected chi connectivity index (χ2v) is 8.05. The van der Waals surface area contributed by atoms with E-state index in [4.69, 9.17) is 4.74 Å². The normalized spacial score (nSPS) is 12.0. The van der Waals surface area contributed by atoms with E-state index in [2.05, 4.69) is 15.0 Å². The molecule has 1 unspecified atom stereocenters. The van der Waals surface area contributed by atoms with E-state index in [1.54, 1.807) is 36.4 Å². The number of rotatable bonds is 10. The van der Waals surface area contributed by atoms with Crippen molar-refractivity contribution in [3.63, 3.8) is 0 Å². The first kappa shape index (κ1) is 26.7. The van der Waals surface area contributed by atoms with Gasteiger partial charge in [-0.25, -0.2) is 0 Å².